The number of rotatable bonds is 0. The number of carbonyl (C=O) groups excluding carboxylic acids is 1. The van der Waals surface area contributed by atoms with Crippen LogP contribution in [0.15, 0.2) is 32.2 Å². The van der Waals surface area contributed by atoms with Gasteiger partial charge in [-0.05, 0) is 18.2 Å². The minimum absolute atomic E-state index is 0.186. The molecule has 0 spiro atoms. The van der Waals surface area contributed by atoms with E-state index in [-0.39, 0.29) is 5.39 Å². The number of nitrogens with one attached hydrogen (secondary N) is 1. The fourth-order valence-corrected chi connectivity index (χ4v) is 1.35. The summed E-state index contributed by atoms with van der Waals surface area (Å²) in [6, 6.07) is 4.50. The van der Waals surface area contributed by atoms with E-state index in [2.05, 4.69) is 26.0 Å². The van der Waals surface area contributed by atoms with Crippen molar-refractivity contribution in [3.8, 4) is 11.8 Å². The normalized spacial score (nSPS) is 9.61. The quantitative estimate of drug-likeness (QED) is 0.521. The van der Waals surface area contributed by atoms with Crippen LogP contribution in [0.25, 0.3) is 10.9 Å². The van der Waals surface area contributed by atoms with Crippen molar-refractivity contribution >= 4 is 16.9 Å². The van der Waals surface area contributed by atoms with E-state index in [0.717, 1.165) is 0 Å². The lowest BCUT2D eigenvalue weighted by Gasteiger charge is -1.95. The molecule has 0 saturated heterocycles. The van der Waals surface area contributed by atoms with E-state index in [4.69, 9.17) is 0 Å². The van der Waals surface area contributed by atoms with E-state index in [1.807, 2.05) is 0 Å². The molecule has 0 saturated carbocycles. The molecule has 1 N–H and O–H groups in total. The molecular weight excluding hydrogens is 238 g/mol. The topological polar surface area (TPSA) is 89.4 Å². The Balaban J connectivity index is 2.57. The summed E-state index contributed by atoms with van der Waals surface area (Å²) in [6.07, 6.45) is 0. The van der Waals surface area contributed by atoms with Gasteiger partial charge in [-0.3, -0.25) is 4.98 Å². The fourth-order valence-electron chi connectivity index (χ4n) is 1.35. The highest BCUT2D eigenvalue weighted by atomic mass is 16.5. The maximum Gasteiger partial charge on any atom is 0.419 e. The van der Waals surface area contributed by atoms with Gasteiger partial charge >= 0.3 is 17.4 Å². The van der Waals surface area contributed by atoms with Crippen LogP contribution in [0.5, 0.6) is 0 Å². The first-order chi connectivity index (χ1) is 8.60. The number of carbonyl (C=O) groups is 1. The molecule has 0 aliphatic heterocycles. The first-order valence-corrected chi connectivity index (χ1v) is 4.87. The van der Waals surface area contributed by atoms with Crippen LogP contribution in [-0.2, 0) is 9.53 Å². The molecule has 1 aromatic carbocycles. The molecule has 1 heterocycles. The van der Waals surface area contributed by atoms with Crippen molar-refractivity contribution in [3.05, 3.63) is 44.7 Å². The van der Waals surface area contributed by atoms with E-state index >= 15 is 0 Å². The van der Waals surface area contributed by atoms with Crippen molar-refractivity contribution in [2.75, 3.05) is 7.11 Å². The molecule has 18 heavy (non-hydrogen) atoms. The molecule has 0 bridgehead atoms. The van der Waals surface area contributed by atoms with Crippen molar-refractivity contribution in [2.24, 2.45) is 0 Å². The Morgan fingerprint density at radius 1 is 1.39 bits per heavy atom. The van der Waals surface area contributed by atoms with E-state index in [1.54, 1.807) is 6.07 Å². The number of aromatic nitrogens is 1. The molecule has 2 aromatic rings. The molecular formula is C12H7NO5. The fraction of sp³-hybridized carbons (Fsp3) is 0.0833. The highest BCUT2D eigenvalue weighted by molar-refractivity contribution is 5.89. The number of esters is 1. The molecule has 6 nitrogen and oxygen atoms in total. The first-order valence-electron chi connectivity index (χ1n) is 4.87. The molecule has 0 radical (unpaired) electrons. The number of hydrogen-bond acceptors (Lipinski definition) is 5. The van der Waals surface area contributed by atoms with Gasteiger partial charge in [0.15, 0.2) is 0 Å². The molecule has 0 amide bonds. The van der Waals surface area contributed by atoms with Crippen molar-refractivity contribution in [1.29, 1.82) is 0 Å². The van der Waals surface area contributed by atoms with Gasteiger partial charge in [-0.1, -0.05) is 5.92 Å². The molecule has 1 aromatic heterocycles. The van der Waals surface area contributed by atoms with Crippen LogP contribution in [0, 0.1) is 11.8 Å². The molecule has 90 valence electrons. The number of aromatic amines is 1. The van der Waals surface area contributed by atoms with E-state index < -0.39 is 17.4 Å². The molecule has 0 aliphatic rings. The number of fused-ring (bicyclic) bond motifs is 1. The first kappa shape index (κ1) is 11.7. The summed E-state index contributed by atoms with van der Waals surface area (Å²) in [5, 5.41) is 0.186. The second-order valence-electron chi connectivity index (χ2n) is 3.30. The zero-order valence-corrected chi connectivity index (χ0v) is 9.27. The third kappa shape index (κ3) is 2.30. The monoisotopic (exact) mass is 245 g/mol. The average molecular weight is 245 g/mol. The zero-order chi connectivity index (χ0) is 13.1. The predicted molar refractivity (Wildman–Crippen MR) is 62.0 cm³/mol. The van der Waals surface area contributed by atoms with Crippen LogP contribution < -0.4 is 11.4 Å². The summed E-state index contributed by atoms with van der Waals surface area (Å²) in [5.74, 6) is 3.26. The maximum absolute atomic E-state index is 11.4. The van der Waals surface area contributed by atoms with Crippen LogP contribution >= 0.6 is 0 Å². The Bertz CT molecular complexity index is 788. The third-order valence-corrected chi connectivity index (χ3v) is 2.16. The van der Waals surface area contributed by atoms with Crippen molar-refractivity contribution < 1.29 is 13.9 Å². The molecule has 0 atom stereocenters. The zero-order valence-electron chi connectivity index (χ0n) is 9.27. The molecule has 6 heteroatoms. The number of methoxy groups -OCH3 is 1. The van der Waals surface area contributed by atoms with Gasteiger partial charge in [-0.2, -0.15) is 0 Å². The molecule has 0 aliphatic carbocycles. The van der Waals surface area contributed by atoms with Gasteiger partial charge in [-0.25, -0.2) is 14.4 Å². The molecule has 0 unspecified atom stereocenters. The minimum atomic E-state index is -0.819. The summed E-state index contributed by atoms with van der Waals surface area (Å²) in [5.41, 5.74) is 0.0302. The van der Waals surface area contributed by atoms with Crippen LogP contribution in [-0.4, -0.2) is 18.1 Å². The van der Waals surface area contributed by atoms with Gasteiger partial charge in [0, 0.05) is 11.5 Å². The standard InChI is InChI=1S/C12H7NO5/c1-17-10(14)5-3-7-2-4-9-8(6-7)11(15)18-12(16)13-9/h2,4,6H,1H3,(H,13,16). The van der Waals surface area contributed by atoms with Crippen molar-refractivity contribution in [3.63, 3.8) is 0 Å². The second-order valence-corrected chi connectivity index (χ2v) is 3.30. The van der Waals surface area contributed by atoms with Gasteiger partial charge in [0.2, 0.25) is 0 Å². The van der Waals surface area contributed by atoms with Crippen LogP contribution in [0.4, 0.5) is 0 Å². The lowest BCUT2D eigenvalue weighted by molar-refractivity contribution is -0.133. The lowest BCUT2D eigenvalue weighted by Crippen LogP contribution is -2.14. The SMILES string of the molecule is COC(=O)C#Cc1ccc2[nH]c(=O)oc(=O)c2c1. The summed E-state index contributed by atoms with van der Waals surface area (Å²) >= 11 is 0. The summed E-state index contributed by atoms with van der Waals surface area (Å²) in [4.78, 5) is 35.6. The minimum Gasteiger partial charge on any atom is -0.459 e. The summed E-state index contributed by atoms with van der Waals surface area (Å²) in [7, 11) is 1.22. The summed E-state index contributed by atoms with van der Waals surface area (Å²) < 4.78 is 8.74. The van der Waals surface area contributed by atoms with Crippen molar-refractivity contribution in [1.82, 2.24) is 4.98 Å². The highest BCUT2D eigenvalue weighted by Gasteiger charge is 2.02. The Morgan fingerprint density at radius 2 is 2.17 bits per heavy atom. The van der Waals surface area contributed by atoms with Gasteiger partial charge in [0.05, 0.1) is 18.0 Å². The Morgan fingerprint density at radius 3 is 2.89 bits per heavy atom. The van der Waals surface area contributed by atoms with Crippen LogP contribution in [0.2, 0.25) is 0 Å². The Labute approximate surface area is 100 Å². The number of hydrogen-bond donors (Lipinski definition) is 1. The third-order valence-electron chi connectivity index (χ3n) is 2.16. The van der Waals surface area contributed by atoms with E-state index in [9.17, 15) is 14.4 Å². The number of ether oxygens (including phenoxy) is 1. The Hall–Kier alpha value is -2.81. The lowest BCUT2D eigenvalue weighted by atomic mass is 10.1. The maximum atomic E-state index is 11.4. The number of benzene rings is 1. The van der Waals surface area contributed by atoms with Crippen LogP contribution in [0.3, 0.4) is 0 Å². The van der Waals surface area contributed by atoms with Gasteiger partial charge < -0.3 is 9.15 Å². The van der Waals surface area contributed by atoms with Gasteiger partial charge in [0.25, 0.3) is 0 Å². The second kappa shape index (κ2) is 4.59. The molecule has 0 fully saturated rings. The van der Waals surface area contributed by atoms with E-state index in [1.165, 1.54) is 19.2 Å². The highest BCUT2D eigenvalue weighted by Crippen LogP contribution is 2.07. The Kier molecular flexibility index (Phi) is 2.98. The van der Waals surface area contributed by atoms with Crippen LogP contribution in [0.1, 0.15) is 5.56 Å². The van der Waals surface area contributed by atoms with Crippen molar-refractivity contribution in [2.45, 2.75) is 0 Å². The van der Waals surface area contributed by atoms with E-state index in [0.29, 0.717) is 11.1 Å². The number of H-pyrrole nitrogens is 1. The smallest absolute Gasteiger partial charge is 0.419 e. The van der Waals surface area contributed by atoms with Gasteiger partial charge in [-0.15, -0.1) is 0 Å². The average Bonchev–Trinajstić information content (AvgIpc) is 2.36. The molecule has 2 rings (SSSR count). The summed E-state index contributed by atoms with van der Waals surface area (Å²) in [6.45, 7) is 0. The van der Waals surface area contributed by atoms with Gasteiger partial charge in [0.1, 0.15) is 0 Å². The largest absolute Gasteiger partial charge is 0.459 e. The predicted octanol–water partition coefficient (Wildman–Crippen LogP) is 0.00580.